The summed E-state index contributed by atoms with van der Waals surface area (Å²) in [7, 11) is 0. The zero-order chi connectivity index (χ0) is 12.3. The minimum Gasteiger partial charge on any atom is -0.410 e. The largest absolute Gasteiger partial charge is 0.410 e. The number of benzene rings is 1. The Morgan fingerprint density at radius 2 is 2.00 bits per heavy atom. The molecule has 0 bridgehead atoms. The van der Waals surface area contributed by atoms with E-state index in [0.29, 0.717) is 0 Å². The molecule has 0 aromatic heterocycles. The fraction of sp³-hybridized carbons (Fsp3) is 0.308. The molecule has 1 fully saturated rings. The summed E-state index contributed by atoms with van der Waals surface area (Å²) >= 11 is 5.84. The number of nitrogens with two attached hydrogens (primary N) is 1. The average molecular weight is 251 g/mol. The van der Waals surface area contributed by atoms with Gasteiger partial charge in [-0.1, -0.05) is 35.0 Å². The summed E-state index contributed by atoms with van der Waals surface area (Å²) < 4.78 is 0. The second kappa shape index (κ2) is 5.23. The number of nitrogens with zero attached hydrogens (tertiary/aromatic N) is 1. The second-order valence-electron chi connectivity index (χ2n) is 4.33. The molecule has 2 aliphatic rings. The van der Waals surface area contributed by atoms with Gasteiger partial charge in [0.25, 0.3) is 0 Å². The predicted molar refractivity (Wildman–Crippen MR) is 70.1 cm³/mol. The standard InChI is InChI=1S/C12H11Cl.CH4N2O/c13-12-3-1-8(2-4-12)9-5-10-7-11(10)6-9;2-1-3-4/h1-5,10-11H,6-7H2;1,4H,(H2,2,3). The van der Waals surface area contributed by atoms with Crippen molar-refractivity contribution in [2.45, 2.75) is 12.8 Å². The van der Waals surface area contributed by atoms with Gasteiger partial charge in [-0.25, -0.2) is 0 Å². The van der Waals surface area contributed by atoms with Crippen LogP contribution in [0.5, 0.6) is 0 Å². The van der Waals surface area contributed by atoms with Crippen molar-refractivity contribution in [3.05, 3.63) is 40.9 Å². The Bertz CT molecular complexity index is 435. The highest BCUT2D eigenvalue weighted by molar-refractivity contribution is 6.30. The van der Waals surface area contributed by atoms with Crippen LogP contribution in [0.2, 0.25) is 5.02 Å². The van der Waals surface area contributed by atoms with Crippen LogP contribution in [0.3, 0.4) is 0 Å². The van der Waals surface area contributed by atoms with Crippen LogP contribution in [0.4, 0.5) is 0 Å². The van der Waals surface area contributed by atoms with Gasteiger partial charge in [0.15, 0.2) is 0 Å². The van der Waals surface area contributed by atoms with Crippen LogP contribution < -0.4 is 5.73 Å². The van der Waals surface area contributed by atoms with Crippen molar-refractivity contribution in [1.82, 2.24) is 0 Å². The third-order valence-electron chi connectivity index (χ3n) is 3.16. The Labute approximate surface area is 106 Å². The highest BCUT2D eigenvalue weighted by Gasteiger charge is 2.40. The maximum absolute atomic E-state index is 7.32. The molecule has 0 spiro atoms. The second-order valence-corrected chi connectivity index (χ2v) is 4.76. The zero-order valence-electron chi connectivity index (χ0n) is 9.38. The van der Waals surface area contributed by atoms with Gasteiger partial charge >= 0.3 is 0 Å². The first kappa shape index (κ1) is 12.0. The molecular weight excluding hydrogens is 236 g/mol. The Morgan fingerprint density at radius 1 is 1.35 bits per heavy atom. The van der Waals surface area contributed by atoms with Crippen LogP contribution >= 0.6 is 11.6 Å². The fourth-order valence-corrected chi connectivity index (χ4v) is 2.32. The van der Waals surface area contributed by atoms with Gasteiger partial charge in [0.2, 0.25) is 0 Å². The lowest BCUT2D eigenvalue weighted by atomic mass is 10.0. The van der Waals surface area contributed by atoms with E-state index in [1.54, 1.807) is 0 Å². The molecule has 3 rings (SSSR count). The summed E-state index contributed by atoms with van der Waals surface area (Å²) in [6.07, 6.45) is 5.96. The lowest BCUT2D eigenvalue weighted by molar-refractivity contribution is 0.321. The van der Waals surface area contributed by atoms with Crippen molar-refractivity contribution in [3.8, 4) is 0 Å². The number of oxime groups is 1. The van der Waals surface area contributed by atoms with E-state index in [2.05, 4.69) is 29.1 Å². The molecular formula is C13H15ClN2O. The minimum atomic E-state index is 0.806. The molecule has 90 valence electrons. The van der Waals surface area contributed by atoms with Crippen molar-refractivity contribution in [2.24, 2.45) is 22.7 Å². The number of rotatable bonds is 1. The number of hydrogen-bond donors (Lipinski definition) is 2. The molecule has 2 atom stereocenters. The van der Waals surface area contributed by atoms with E-state index < -0.39 is 0 Å². The molecule has 3 N–H and O–H groups in total. The van der Waals surface area contributed by atoms with Crippen molar-refractivity contribution in [2.75, 3.05) is 0 Å². The first-order valence-electron chi connectivity index (χ1n) is 5.59. The molecule has 2 unspecified atom stereocenters. The molecule has 4 heteroatoms. The van der Waals surface area contributed by atoms with E-state index in [0.717, 1.165) is 23.2 Å². The minimum absolute atomic E-state index is 0.806. The molecule has 0 amide bonds. The molecule has 3 nitrogen and oxygen atoms in total. The lowest BCUT2D eigenvalue weighted by Crippen LogP contribution is -1.85. The van der Waals surface area contributed by atoms with Gasteiger partial charge in [0, 0.05) is 5.02 Å². The van der Waals surface area contributed by atoms with Crippen LogP contribution in [0.25, 0.3) is 5.57 Å². The van der Waals surface area contributed by atoms with Crippen molar-refractivity contribution in [3.63, 3.8) is 0 Å². The normalized spacial score (nSPS) is 24.9. The summed E-state index contributed by atoms with van der Waals surface area (Å²) in [4.78, 5) is 0. The summed E-state index contributed by atoms with van der Waals surface area (Å²) in [5, 5.41) is 10.5. The monoisotopic (exact) mass is 250 g/mol. The maximum atomic E-state index is 7.32. The van der Waals surface area contributed by atoms with Gasteiger partial charge in [-0.15, -0.1) is 0 Å². The third-order valence-corrected chi connectivity index (χ3v) is 3.41. The number of hydrogen-bond acceptors (Lipinski definition) is 2. The highest BCUT2D eigenvalue weighted by Crippen LogP contribution is 2.52. The summed E-state index contributed by atoms with van der Waals surface area (Å²) in [5.41, 5.74) is 7.37. The lowest BCUT2D eigenvalue weighted by Gasteiger charge is -2.03. The molecule has 1 aromatic rings. The Hall–Kier alpha value is -1.48. The first-order valence-corrected chi connectivity index (χ1v) is 5.96. The number of fused-ring (bicyclic) bond motifs is 1. The zero-order valence-corrected chi connectivity index (χ0v) is 10.1. The number of halogens is 1. The van der Waals surface area contributed by atoms with Gasteiger partial charge in [-0.3, -0.25) is 0 Å². The van der Waals surface area contributed by atoms with Gasteiger partial charge < -0.3 is 10.9 Å². The molecule has 0 radical (unpaired) electrons. The quantitative estimate of drug-likeness (QED) is 0.348. The SMILES string of the molecule is Clc1ccc(C2=CC3CC3C2)cc1.N/C=N\O. The van der Waals surface area contributed by atoms with E-state index in [1.807, 2.05) is 12.1 Å². The smallest absolute Gasteiger partial charge is 0.125 e. The topological polar surface area (TPSA) is 58.6 Å². The third kappa shape index (κ3) is 3.01. The van der Waals surface area contributed by atoms with E-state index >= 15 is 0 Å². The molecule has 1 aromatic carbocycles. The van der Waals surface area contributed by atoms with Crippen molar-refractivity contribution < 1.29 is 5.21 Å². The fourth-order valence-electron chi connectivity index (χ4n) is 2.20. The van der Waals surface area contributed by atoms with Gasteiger partial charge in [-0.2, -0.15) is 0 Å². The van der Waals surface area contributed by atoms with E-state index in [9.17, 15) is 0 Å². The summed E-state index contributed by atoms with van der Waals surface area (Å²) in [6, 6.07) is 8.20. The first-order chi connectivity index (χ1) is 8.24. The van der Waals surface area contributed by atoms with Gasteiger partial charge in [0.05, 0.1) is 0 Å². The molecule has 0 saturated heterocycles. The molecule has 0 aliphatic heterocycles. The van der Waals surface area contributed by atoms with Gasteiger partial charge in [0.1, 0.15) is 6.34 Å². The summed E-state index contributed by atoms with van der Waals surface area (Å²) in [5.74, 6) is 1.89. The van der Waals surface area contributed by atoms with Crippen LogP contribution in [0.15, 0.2) is 35.5 Å². The van der Waals surface area contributed by atoms with E-state index in [4.69, 9.17) is 16.8 Å². The molecule has 1 saturated carbocycles. The highest BCUT2D eigenvalue weighted by atomic mass is 35.5. The Balaban J connectivity index is 0.000000239. The predicted octanol–water partition coefficient (Wildman–Crippen LogP) is 3.13. The number of allylic oxidation sites excluding steroid dienone is 2. The van der Waals surface area contributed by atoms with Crippen LogP contribution in [0.1, 0.15) is 18.4 Å². The average Bonchev–Trinajstić information content (AvgIpc) is 2.97. The molecule has 2 aliphatic carbocycles. The Morgan fingerprint density at radius 3 is 2.47 bits per heavy atom. The molecule has 17 heavy (non-hydrogen) atoms. The van der Waals surface area contributed by atoms with Gasteiger partial charge in [-0.05, 0) is 47.9 Å². The van der Waals surface area contributed by atoms with Crippen molar-refractivity contribution in [1.29, 1.82) is 0 Å². The van der Waals surface area contributed by atoms with Crippen LogP contribution in [0, 0.1) is 11.8 Å². The Kier molecular flexibility index (Phi) is 3.69. The molecule has 0 heterocycles. The maximum Gasteiger partial charge on any atom is 0.125 e. The van der Waals surface area contributed by atoms with Crippen molar-refractivity contribution >= 4 is 23.5 Å². The van der Waals surface area contributed by atoms with E-state index in [1.165, 1.54) is 24.0 Å². The van der Waals surface area contributed by atoms with Crippen LogP contribution in [-0.4, -0.2) is 11.5 Å². The summed E-state index contributed by atoms with van der Waals surface area (Å²) in [6.45, 7) is 0. The van der Waals surface area contributed by atoms with E-state index in [-0.39, 0.29) is 0 Å². The van der Waals surface area contributed by atoms with Crippen LogP contribution in [-0.2, 0) is 0 Å².